The summed E-state index contributed by atoms with van der Waals surface area (Å²) < 4.78 is 16.0. The van der Waals surface area contributed by atoms with Crippen LogP contribution in [0.4, 0.5) is 11.4 Å². The van der Waals surface area contributed by atoms with Crippen LogP contribution in [0.25, 0.3) is 0 Å². The molecule has 3 amide bonds. The van der Waals surface area contributed by atoms with E-state index in [2.05, 4.69) is 10.6 Å². The number of thioether (sulfide) groups is 1. The van der Waals surface area contributed by atoms with Gasteiger partial charge in [-0.15, -0.1) is 0 Å². The van der Waals surface area contributed by atoms with E-state index in [0.29, 0.717) is 27.8 Å². The molecule has 2 aromatic heterocycles. The van der Waals surface area contributed by atoms with Gasteiger partial charge in [-0.3, -0.25) is 19.3 Å². The molecular weight excluding hydrogens is 506 g/mol. The fraction of sp³-hybridized carbons (Fsp3) is 0.107. The van der Waals surface area contributed by atoms with Crippen molar-refractivity contribution in [3.8, 4) is 5.75 Å². The van der Waals surface area contributed by atoms with Crippen LogP contribution in [0.1, 0.15) is 21.9 Å². The number of furan rings is 2. The smallest absolute Gasteiger partial charge is 0.291 e. The summed E-state index contributed by atoms with van der Waals surface area (Å²) in [6, 6.07) is 19.1. The van der Waals surface area contributed by atoms with Crippen molar-refractivity contribution in [2.45, 2.75) is 18.4 Å². The first-order valence-electron chi connectivity index (χ1n) is 11.6. The number of hydrogen-bond donors (Lipinski definition) is 2. The molecule has 0 saturated carbocycles. The number of ether oxygens (including phenoxy) is 1. The van der Waals surface area contributed by atoms with Crippen LogP contribution in [-0.4, -0.2) is 29.7 Å². The van der Waals surface area contributed by atoms with Gasteiger partial charge in [0.15, 0.2) is 5.76 Å². The molecule has 0 saturated heterocycles. The monoisotopic (exact) mass is 529 g/mol. The summed E-state index contributed by atoms with van der Waals surface area (Å²) in [5, 5.41) is 5.91. The Hall–Kier alpha value is -4.70. The molecule has 0 radical (unpaired) electrons. The molecule has 1 aliphatic rings. The third kappa shape index (κ3) is 5.21. The quantitative estimate of drug-likeness (QED) is 0.276. The van der Waals surface area contributed by atoms with Crippen molar-refractivity contribution in [1.29, 1.82) is 0 Å². The van der Waals surface area contributed by atoms with Crippen LogP contribution in [0.15, 0.2) is 104 Å². The number of methoxy groups -OCH3 is 1. The Balaban J connectivity index is 1.46. The third-order valence-corrected chi connectivity index (χ3v) is 6.76. The van der Waals surface area contributed by atoms with Crippen molar-refractivity contribution >= 4 is 40.9 Å². The standard InChI is InChI=1S/C28H23N3O6S/c1-17-10-11-22(35-2)21(14-17)30-24-25(28(34)31(27(24)33)16-19-7-4-12-36-19)38-20-8-3-6-18(15-20)29-26(32)23-9-5-13-37-23/h3-15,30H,16H2,1-2H3,(H,29,32). The van der Waals surface area contributed by atoms with Gasteiger partial charge in [0.2, 0.25) is 0 Å². The Morgan fingerprint density at radius 2 is 1.79 bits per heavy atom. The van der Waals surface area contributed by atoms with Gasteiger partial charge in [-0.1, -0.05) is 23.9 Å². The van der Waals surface area contributed by atoms with Gasteiger partial charge < -0.3 is 24.2 Å². The average molecular weight is 530 g/mol. The van der Waals surface area contributed by atoms with Crippen molar-refractivity contribution in [3.63, 3.8) is 0 Å². The predicted octanol–water partition coefficient (Wildman–Crippen LogP) is 5.43. The van der Waals surface area contributed by atoms with Gasteiger partial charge in [-0.2, -0.15) is 0 Å². The lowest BCUT2D eigenvalue weighted by molar-refractivity contribution is -0.138. The Bertz CT molecular complexity index is 1530. The summed E-state index contributed by atoms with van der Waals surface area (Å²) >= 11 is 1.12. The average Bonchev–Trinajstić information content (AvgIpc) is 3.67. The molecule has 0 aliphatic carbocycles. The van der Waals surface area contributed by atoms with Gasteiger partial charge in [0.25, 0.3) is 17.7 Å². The molecule has 10 heteroatoms. The number of rotatable bonds is 9. The number of anilines is 2. The minimum atomic E-state index is -0.486. The largest absolute Gasteiger partial charge is 0.495 e. The summed E-state index contributed by atoms with van der Waals surface area (Å²) in [5.41, 5.74) is 2.14. The Labute approximate surface area is 222 Å². The molecule has 4 aromatic rings. The fourth-order valence-electron chi connectivity index (χ4n) is 3.87. The summed E-state index contributed by atoms with van der Waals surface area (Å²) in [7, 11) is 1.53. The number of imide groups is 1. The van der Waals surface area contributed by atoms with Crippen molar-refractivity contribution in [2.24, 2.45) is 0 Å². The fourth-order valence-corrected chi connectivity index (χ4v) is 4.88. The van der Waals surface area contributed by atoms with Crippen molar-refractivity contribution in [1.82, 2.24) is 4.90 Å². The van der Waals surface area contributed by atoms with Gasteiger partial charge in [-0.05, 0) is 67.1 Å². The second kappa shape index (κ2) is 10.7. The molecule has 38 heavy (non-hydrogen) atoms. The number of amides is 3. The number of benzene rings is 2. The number of carbonyl (C=O) groups excluding carboxylic acids is 3. The highest BCUT2D eigenvalue weighted by Crippen LogP contribution is 2.38. The number of aryl methyl sites for hydroxylation is 1. The van der Waals surface area contributed by atoms with Crippen LogP contribution >= 0.6 is 11.8 Å². The molecule has 0 bridgehead atoms. The maximum Gasteiger partial charge on any atom is 0.291 e. The number of nitrogens with zero attached hydrogens (tertiary/aromatic N) is 1. The molecule has 3 heterocycles. The lowest BCUT2D eigenvalue weighted by Crippen LogP contribution is -2.31. The normalized spacial score (nSPS) is 13.3. The highest BCUT2D eigenvalue weighted by Gasteiger charge is 2.40. The molecule has 1 aliphatic heterocycles. The maximum atomic E-state index is 13.5. The van der Waals surface area contributed by atoms with Gasteiger partial charge in [0, 0.05) is 10.6 Å². The van der Waals surface area contributed by atoms with Crippen molar-refractivity contribution in [3.05, 3.63) is 107 Å². The van der Waals surface area contributed by atoms with Gasteiger partial charge in [-0.25, -0.2) is 0 Å². The van der Waals surface area contributed by atoms with E-state index in [1.54, 1.807) is 54.6 Å². The van der Waals surface area contributed by atoms with Crippen molar-refractivity contribution in [2.75, 3.05) is 17.7 Å². The summed E-state index contributed by atoms with van der Waals surface area (Å²) in [6.07, 6.45) is 2.91. The van der Waals surface area contributed by atoms with Crippen molar-refractivity contribution < 1.29 is 28.0 Å². The zero-order valence-corrected chi connectivity index (χ0v) is 21.3. The Morgan fingerprint density at radius 1 is 0.974 bits per heavy atom. The van der Waals surface area contributed by atoms with E-state index in [9.17, 15) is 14.4 Å². The predicted molar refractivity (Wildman–Crippen MR) is 142 cm³/mol. The second-order valence-corrected chi connectivity index (χ2v) is 9.45. The van der Waals surface area contributed by atoms with Gasteiger partial charge in [0.1, 0.15) is 22.1 Å². The van der Waals surface area contributed by atoms with E-state index in [0.717, 1.165) is 22.2 Å². The number of carbonyl (C=O) groups is 3. The number of hydrogen-bond acceptors (Lipinski definition) is 8. The van der Waals surface area contributed by atoms with Crippen LogP contribution in [0.5, 0.6) is 5.75 Å². The zero-order chi connectivity index (χ0) is 26.6. The molecule has 2 N–H and O–H groups in total. The molecule has 0 fully saturated rings. The minimum absolute atomic E-state index is 0.00982. The SMILES string of the molecule is COc1ccc(C)cc1NC1=C(Sc2cccc(NC(=O)c3ccco3)c2)C(=O)N(Cc2ccco2)C1=O. The molecule has 192 valence electrons. The number of nitrogens with one attached hydrogen (secondary N) is 2. The lowest BCUT2D eigenvalue weighted by atomic mass is 10.2. The first-order chi connectivity index (χ1) is 18.4. The summed E-state index contributed by atoms with van der Waals surface area (Å²) in [6.45, 7) is 1.91. The third-order valence-electron chi connectivity index (χ3n) is 5.69. The van der Waals surface area contributed by atoms with E-state index in [4.69, 9.17) is 13.6 Å². The minimum Gasteiger partial charge on any atom is -0.495 e. The van der Waals surface area contributed by atoms with Crippen LogP contribution in [0.3, 0.4) is 0 Å². The highest BCUT2D eigenvalue weighted by molar-refractivity contribution is 8.04. The van der Waals surface area contributed by atoms with E-state index in [1.165, 1.54) is 19.6 Å². The van der Waals surface area contributed by atoms with E-state index < -0.39 is 17.7 Å². The lowest BCUT2D eigenvalue weighted by Gasteiger charge is -2.15. The summed E-state index contributed by atoms with van der Waals surface area (Å²) in [5.74, 6) is -0.167. The topological polar surface area (TPSA) is 114 Å². The molecule has 0 unspecified atom stereocenters. The first-order valence-corrected chi connectivity index (χ1v) is 12.4. The maximum absolute atomic E-state index is 13.5. The molecule has 0 atom stereocenters. The van der Waals surface area contributed by atoms with Crippen LogP contribution in [0, 0.1) is 6.92 Å². The Kier molecular flexibility index (Phi) is 7.05. The first kappa shape index (κ1) is 25.0. The van der Waals surface area contributed by atoms with E-state index >= 15 is 0 Å². The molecule has 2 aromatic carbocycles. The molecule has 5 rings (SSSR count). The summed E-state index contributed by atoms with van der Waals surface area (Å²) in [4.78, 5) is 41.4. The second-order valence-electron chi connectivity index (χ2n) is 8.37. The molecule has 0 spiro atoms. The molecule has 9 nitrogen and oxygen atoms in total. The van der Waals surface area contributed by atoms with Gasteiger partial charge in [0.05, 0.1) is 31.9 Å². The molecular formula is C28H23N3O6S. The van der Waals surface area contributed by atoms with Gasteiger partial charge >= 0.3 is 0 Å². The highest BCUT2D eigenvalue weighted by atomic mass is 32.2. The van der Waals surface area contributed by atoms with E-state index in [-0.39, 0.29) is 22.9 Å². The van der Waals surface area contributed by atoms with Crippen LogP contribution in [-0.2, 0) is 16.1 Å². The van der Waals surface area contributed by atoms with E-state index in [1.807, 2.05) is 19.1 Å². The van der Waals surface area contributed by atoms with Crippen LogP contribution in [0.2, 0.25) is 0 Å². The Morgan fingerprint density at radius 3 is 2.53 bits per heavy atom. The zero-order valence-electron chi connectivity index (χ0n) is 20.5. The van der Waals surface area contributed by atoms with Crippen LogP contribution < -0.4 is 15.4 Å².